The molecule has 3 aromatic rings. The number of benzene rings is 2. The lowest BCUT2D eigenvalue weighted by molar-refractivity contribution is 0.0962. The van der Waals surface area contributed by atoms with Crippen LogP contribution in [0.15, 0.2) is 64.8 Å². The molecule has 0 spiro atoms. The lowest BCUT2D eigenvalue weighted by Crippen LogP contribution is -2.30. The van der Waals surface area contributed by atoms with Crippen LogP contribution in [0.1, 0.15) is 10.4 Å². The average molecular weight is 406 g/mol. The summed E-state index contributed by atoms with van der Waals surface area (Å²) >= 11 is 13.3. The van der Waals surface area contributed by atoms with Crippen LogP contribution < -0.4 is 16.6 Å². The zero-order valence-corrected chi connectivity index (χ0v) is 15.6. The molecule has 0 fully saturated rings. The molecular weight excluding hydrogens is 393 g/mol. The van der Waals surface area contributed by atoms with Gasteiger partial charge in [0.05, 0.1) is 10.6 Å². The molecule has 0 saturated heterocycles. The zero-order valence-electron chi connectivity index (χ0n) is 13.2. The van der Waals surface area contributed by atoms with E-state index in [9.17, 15) is 4.79 Å². The Morgan fingerprint density at radius 3 is 2.58 bits per heavy atom. The van der Waals surface area contributed by atoms with E-state index >= 15 is 0 Å². The third kappa shape index (κ3) is 4.37. The van der Waals surface area contributed by atoms with Crippen molar-refractivity contribution >= 4 is 52.4 Å². The molecule has 0 bridgehead atoms. The van der Waals surface area contributed by atoms with Crippen LogP contribution in [-0.4, -0.2) is 15.9 Å². The van der Waals surface area contributed by atoms with Crippen molar-refractivity contribution in [2.45, 2.75) is 9.92 Å². The second kappa shape index (κ2) is 8.27. The summed E-state index contributed by atoms with van der Waals surface area (Å²) in [7, 11) is 0. The number of anilines is 2. The molecule has 4 N–H and O–H groups in total. The first-order chi connectivity index (χ1) is 12.5. The van der Waals surface area contributed by atoms with Crippen LogP contribution in [0.25, 0.3) is 0 Å². The fourth-order valence-corrected chi connectivity index (χ4v) is 3.33. The molecule has 3 rings (SSSR count). The van der Waals surface area contributed by atoms with Gasteiger partial charge in [0.15, 0.2) is 5.82 Å². The van der Waals surface area contributed by atoms with Crippen molar-refractivity contribution in [3.63, 3.8) is 0 Å². The largest absolute Gasteiger partial charge is 0.393 e. The summed E-state index contributed by atoms with van der Waals surface area (Å²) in [5, 5.41) is 1.27. The molecule has 1 amide bonds. The van der Waals surface area contributed by atoms with Gasteiger partial charge in [-0.2, -0.15) is 0 Å². The number of hydrazine groups is 1. The number of carbonyl (C=O) groups is 1. The van der Waals surface area contributed by atoms with Crippen molar-refractivity contribution in [3.05, 3.63) is 70.5 Å². The van der Waals surface area contributed by atoms with Gasteiger partial charge in [-0.1, -0.05) is 53.2 Å². The fourth-order valence-electron chi connectivity index (χ4n) is 2.02. The highest BCUT2D eigenvalue weighted by molar-refractivity contribution is 7.99. The molecule has 26 heavy (non-hydrogen) atoms. The minimum atomic E-state index is -0.443. The normalized spacial score (nSPS) is 10.4. The monoisotopic (exact) mass is 405 g/mol. The quantitative estimate of drug-likeness (QED) is 0.433. The maximum absolute atomic E-state index is 12.2. The molecule has 1 heterocycles. The van der Waals surface area contributed by atoms with Gasteiger partial charge in [0.1, 0.15) is 17.0 Å². The van der Waals surface area contributed by atoms with Crippen LogP contribution in [0.5, 0.6) is 0 Å². The molecule has 9 heteroatoms. The Kier molecular flexibility index (Phi) is 5.82. The second-order valence-corrected chi connectivity index (χ2v) is 6.97. The van der Waals surface area contributed by atoms with E-state index in [-0.39, 0.29) is 16.4 Å². The Hall–Kier alpha value is -2.48. The highest BCUT2D eigenvalue weighted by Gasteiger charge is 2.13. The van der Waals surface area contributed by atoms with Gasteiger partial charge in [-0.3, -0.25) is 15.6 Å². The molecule has 2 aromatic carbocycles. The minimum Gasteiger partial charge on any atom is -0.393 e. The maximum Gasteiger partial charge on any atom is 0.271 e. The van der Waals surface area contributed by atoms with E-state index in [1.807, 2.05) is 30.3 Å². The number of aromatic nitrogens is 2. The molecular formula is C17H13Cl2N5OS. The molecule has 132 valence electrons. The number of nitrogens with one attached hydrogen (secondary N) is 2. The van der Waals surface area contributed by atoms with Crippen LogP contribution in [0.2, 0.25) is 10.0 Å². The molecule has 0 radical (unpaired) electrons. The smallest absolute Gasteiger partial charge is 0.271 e. The SMILES string of the molecule is Nc1c(NNC(=O)c2ccc(Cl)cc2Cl)ncnc1Sc1ccccc1. The van der Waals surface area contributed by atoms with Crippen molar-refractivity contribution in [1.29, 1.82) is 0 Å². The van der Waals surface area contributed by atoms with E-state index in [0.717, 1.165) is 4.90 Å². The van der Waals surface area contributed by atoms with Crippen LogP contribution in [0.4, 0.5) is 11.5 Å². The number of nitrogens with two attached hydrogens (primary N) is 1. The van der Waals surface area contributed by atoms with Crippen LogP contribution in [0.3, 0.4) is 0 Å². The Bertz CT molecular complexity index is 940. The van der Waals surface area contributed by atoms with Crippen molar-refractivity contribution in [1.82, 2.24) is 15.4 Å². The Morgan fingerprint density at radius 1 is 1.08 bits per heavy atom. The van der Waals surface area contributed by atoms with E-state index in [1.165, 1.54) is 30.2 Å². The first kappa shape index (κ1) is 18.3. The van der Waals surface area contributed by atoms with Crippen molar-refractivity contribution < 1.29 is 4.79 Å². The Morgan fingerprint density at radius 2 is 1.85 bits per heavy atom. The van der Waals surface area contributed by atoms with Gasteiger partial charge in [0.25, 0.3) is 5.91 Å². The lowest BCUT2D eigenvalue weighted by Gasteiger charge is -2.12. The minimum absolute atomic E-state index is 0.243. The van der Waals surface area contributed by atoms with Gasteiger partial charge in [-0.05, 0) is 30.3 Å². The molecule has 0 aliphatic heterocycles. The van der Waals surface area contributed by atoms with Crippen molar-refractivity contribution in [2.75, 3.05) is 11.2 Å². The summed E-state index contributed by atoms with van der Waals surface area (Å²) in [6.45, 7) is 0. The van der Waals surface area contributed by atoms with Gasteiger partial charge in [-0.25, -0.2) is 9.97 Å². The summed E-state index contributed by atoms with van der Waals surface area (Å²) in [6.07, 6.45) is 1.37. The zero-order chi connectivity index (χ0) is 18.5. The van der Waals surface area contributed by atoms with Gasteiger partial charge < -0.3 is 5.73 Å². The van der Waals surface area contributed by atoms with Crippen LogP contribution in [-0.2, 0) is 0 Å². The predicted octanol–water partition coefficient (Wildman–Crippen LogP) is 4.27. The van der Waals surface area contributed by atoms with Crippen molar-refractivity contribution in [3.8, 4) is 0 Å². The fraction of sp³-hybridized carbons (Fsp3) is 0. The summed E-state index contributed by atoms with van der Waals surface area (Å²) in [6, 6.07) is 14.3. The maximum atomic E-state index is 12.2. The Labute approximate surface area is 164 Å². The predicted molar refractivity (Wildman–Crippen MR) is 105 cm³/mol. The molecule has 0 unspecified atom stereocenters. The molecule has 6 nitrogen and oxygen atoms in total. The van der Waals surface area contributed by atoms with Crippen LogP contribution in [0, 0.1) is 0 Å². The van der Waals surface area contributed by atoms with E-state index in [1.54, 1.807) is 6.07 Å². The summed E-state index contributed by atoms with van der Waals surface area (Å²) < 4.78 is 0. The van der Waals surface area contributed by atoms with E-state index < -0.39 is 5.91 Å². The molecule has 0 saturated carbocycles. The van der Waals surface area contributed by atoms with E-state index in [2.05, 4.69) is 20.8 Å². The summed E-state index contributed by atoms with van der Waals surface area (Å²) in [4.78, 5) is 21.5. The topological polar surface area (TPSA) is 92.9 Å². The molecule has 0 aliphatic rings. The highest BCUT2D eigenvalue weighted by atomic mass is 35.5. The van der Waals surface area contributed by atoms with Gasteiger partial charge in [-0.15, -0.1) is 0 Å². The van der Waals surface area contributed by atoms with Gasteiger partial charge >= 0.3 is 0 Å². The van der Waals surface area contributed by atoms with Gasteiger partial charge in [0.2, 0.25) is 0 Å². The number of nitrogens with zero attached hydrogens (tertiary/aromatic N) is 2. The first-order valence-electron chi connectivity index (χ1n) is 7.39. The number of amides is 1. The molecule has 0 atom stereocenters. The van der Waals surface area contributed by atoms with Crippen LogP contribution >= 0.6 is 35.0 Å². The number of carbonyl (C=O) groups excluding carboxylic acids is 1. The number of halogens is 2. The van der Waals surface area contributed by atoms with Gasteiger partial charge in [0, 0.05) is 9.92 Å². The van der Waals surface area contributed by atoms with Crippen molar-refractivity contribution in [2.24, 2.45) is 0 Å². The lowest BCUT2D eigenvalue weighted by atomic mass is 10.2. The highest BCUT2D eigenvalue weighted by Crippen LogP contribution is 2.32. The van der Waals surface area contributed by atoms with E-state index in [0.29, 0.717) is 15.7 Å². The molecule has 0 aliphatic carbocycles. The van der Waals surface area contributed by atoms with E-state index in [4.69, 9.17) is 28.9 Å². The average Bonchev–Trinajstić information content (AvgIpc) is 2.63. The number of hydrogen-bond acceptors (Lipinski definition) is 6. The third-order valence-electron chi connectivity index (χ3n) is 3.28. The standard InChI is InChI=1S/C17H13Cl2N5OS/c18-10-6-7-12(13(19)8-10)16(25)24-23-15-14(20)17(22-9-21-15)26-11-4-2-1-3-5-11/h1-9H,20H2,(H,24,25)(H,21,22,23). The number of nitrogen functional groups attached to an aromatic ring is 1. The Balaban J connectivity index is 1.72. The first-order valence-corrected chi connectivity index (χ1v) is 8.96. The molecule has 1 aromatic heterocycles. The summed E-state index contributed by atoms with van der Waals surface area (Å²) in [5.41, 5.74) is 11.9. The second-order valence-electron chi connectivity index (χ2n) is 5.06. The third-order valence-corrected chi connectivity index (χ3v) is 4.85. The number of rotatable bonds is 5. The summed E-state index contributed by atoms with van der Waals surface area (Å²) in [5.74, 6) is -0.154. The number of hydrogen-bond donors (Lipinski definition) is 3.